The summed E-state index contributed by atoms with van der Waals surface area (Å²) >= 11 is 0.900. The van der Waals surface area contributed by atoms with E-state index in [1.54, 1.807) is 0 Å². The van der Waals surface area contributed by atoms with Crippen molar-refractivity contribution in [3.05, 3.63) is 35.7 Å². The Kier molecular flexibility index (Phi) is 6.10. The van der Waals surface area contributed by atoms with E-state index in [1.807, 2.05) is 24.3 Å². The quantitative estimate of drug-likeness (QED) is 0.777. The van der Waals surface area contributed by atoms with Crippen molar-refractivity contribution in [3.8, 4) is 0 Å². The fourth-order valence-electron chi connectivity index (χ4n) is 2.15. The molecule has 0 radical (unpaired) electrons. The van der Waals surface area contributed by atoms with Gasteiger partial charge in [0.2, 0.25) is 11.7 Å². The first kappa shape index (κ1) is 19.3. The summed E-state index contributed by atoms with van der Waals surface area (Å²) in [5.41, 5.74) is 1.83. The molecule has 0 saturated heterocycles. The highest BCUT2D eigenvalue weighted by Gasteiger charge is 2.37. The van der Waals surface area contributed by atoms with E-state index in [-0.39, 0.29) is 16.8 Å². The normalized spacial score (nSPS) is 12.9. The van der Waals surface area contributed by atoms with Gasteiger partial charge in [-0.2, -0.15) is 13.2 Å². The molecule has 0 fully saturated rings. The van der Waals surface area contributed by atoms with Crippen LogP contribution in [0.15, 0.2) is 29.4 Å². The van der Waals surface area contributed by atoms with Crippen LogP contribution in [0.25, 0.3) is 0 Å². The molecule has 1 unspecified atom stereocenters. The standard InChI is InChI=1S/C16H19F3N4OS/c1-4-10(2)11-5-7-12(8-6-11)20-13(24)9-25-15-22-21-14(23(15)3)16(17,18)19/h5-8,10H,4,9H2,1-3H3,(H,20,24). The molecule has 9 heteroatoms. The number of rotatable bonds is 6. The van der Waals surface area contributed by atoms with Gasteiger partial charge < -0.3 is 9.88 Å². The van der Waals surface area contributed by atoms with Crippen LogP contribution in [0.3, 0.4) is 0 Å². The number of thioether (sulfide) groups is 1. The summed E-state index contributed by atoms with van der Waals surface area (Å²) in [6.45, 7) is 4.23. The summed E-state index contributed by atoms with van der Waals surface area (Å²) in [6, 6.07) is 7.53. The number of halogens is 3. The Morgan fingerprint density at radius 3 is 2.44 bits per heavy atom. The third-order valence-electron chi connectivity index (χ3n) is 3.80. The molecule has 0 aliphatic carbocycles. The van der Waals surface area contributed by atoms with Gasteiger partial charge in [0.05, 0.1) is 5.75 Å². The van der Waals surface area contributed by atoms with Crippen molar-refractivity contribution in [2.45, 2.75) is 37.5 Å². The van der Waals surface area contributed by atoms with Crippen molar-refractivity contribution in [3.63, 3.8) is 0 Å². The fourth-order valence-corrected chi connectivity index (χ4v) is 2.86. The summed E-state index contributed by atoms with van der Waals surface area (Å²) in [6.07, 6.45) is -3.54. The van der Waals surface area contributed by atoms with Crippen LogP contribution in [-0.4, -0.2) is 26.4 Å². The predicted molar refractivity (Wildman–Crippen MR) is 90.5 cm³/mol. The van der Waals surface area contributed by atoms with Gasteiger partial charge in [-0.05, 0) is 30.0 Å². The average molecular weight is 372 g/mol. The van der Waals surface area contributed by atoms with Gasteiger partial charge in [0.25, 0.3) is 0 Å². The number of alkyl halides is 3. The molecule has 1 amide bonds. The van der Waals surface area contributed by atoms with Crippen molar-refractivity contribution in [2.75, 3.05) is 11.1 Å². The van der Waals surface area contributed by atoms with Gasteiger partial charge in [0.1, 0.15) is 0 Å². The zero-order valence-electron chi connectivity index (χ0n) is 14.1. The van der Waals surface area contributed by atoms with Crippen molar-refractivity contribution in [2.24, 2.45) is 7.05 Å². The van der Waals surface area contributed by atoms with Gasteiger partial charge in [-0.3, -0.25) is 4.79 Å². The smallest absolute Gasteiger partial charge is 0.325 e. The van der Waals surface area contributed by atoms with Crippen molar-refractivity contribution < 1.29 is 18.0 Å². The topological polar surface area (TPSA) is 59.8 Å². The lowest BCUT2D eigenvalue weighted by Crippen LogP contribution is -2.15. The molecule has 0 saturated carbocycles. The molecule has 5 nitrogen and oxygen atoms in total. The molecule has 1 aromatic heterocycles. The minimum absolute atomic E-state index is 0.0367. The Balaban J connectivity index is 1.92. The molecule has 0 aliphatic heterocycles. The highest BCUT2D eigenvalue weighted by Crippen LogP contribution is 2.29. The molecule has 1 atom stereocenters. The zero-order valence-corrected chi connectivity index (χ0v) is 14.9. The molecule has 2 aromatic rings. The molecular weight excluding hydrogens is 353 g/mol. The summed E-state index contributed by atoms with van der Waals surface area (Å²) < 4.78 is 38.8. The van der Waals surface area contributed by atoms with Crippen LogP contribution in [0.5, 0.6) is 0 Å². The Bertz CT molecular complexity index is 728. The van der Waals surface area contributed by atoms with Crippen LogP contribution in [0, 0.1) is 0 Å². The molecule has 136 valence electrons. The van der Waals surface area contributed by atoms with Gasteiger partial charge in [0, 0.05) is 12.7 Å². The Morgan fingerprint density at radius 2 is 1.92 bits per heavy atom. The third kappa shape index (κ3) is 4.97. The highest BCUT2D eigenvalue weighted by molar-refractivity contribution is 7.99. The van der Waals surface area contributed by atoms with Crippen molar-refractivity contribution >= 4 is 23.4 Å². The van der Waals surface area contributed by atoms with E-state index in [1.165, 1.54) is 12.6 Å². The van der Waals surface area contributed by atoms with E-state index in [0.717, 1.165) is 22.7 Å². The third-order valence-corrected chi connectivity index (χ3v) is 4.82. The van der Waals surface area contributed by atoms with Crippen LogP contribution in [0.2, 0.25) is 0 Å². The van der Waals surface area contributed by atoms with Crippen LogP contribution >= 0.6 is 11.8 Å². The number of carbonyl (C=O) groups excluding carboxylic acids is 1. The Morgan fingerprint density at radius 1 is 1.28 bits per heavy atom. The molecule has 1 aromatic carbocycles. The Hall–Kier alpha value is -2.03. The van der Waals surface area contributed by atoms with Crippen LogP contribution in [0.4, 0.5) is 18.9 Å². The van der Waals surface area contributed by atoms with Gasteiger partial charge >= 0.3 is 6.18 Å². The molecule has 1 heterocycles. The van der Waals surface area contributed by atoms with E-state index in [0.29, 0.717) is 11.6 Å². The van der Waals surface area contributed by atoms with Gasteiger partial charge in [-0.25, -0.2) is 0 Å². The second-order valence-electron chi connectivity index (χ2n) is 5.63. The van der Waals surface area contributed by atoms with E-state index in [2.05, 4.69) is 29.4 Å². The lowest BCUT2D eigenvalue weighted by atomic mass is 9.99. The molecule has 0 bridgehead atoms. The van der Waals surface area contributed by atoms with E-state index in [4.69, 9.17) is 0 Å². The first-order chi connectivity index (χ1) is 11.7. The average Bonchev–Trinajstić information content (AvgIpc) is 2.94. The Labute approximate surface area is 148 Å². The van der Waals surface area contributed by atoms with E-state index < -0.39 is 12.0 Å². The number of amides is 1. The molecular formula is C16H19F3N4OS. The SMILES string of the molecule is CCC(C)c1ccc(NC(=O)CSc2nnc(C(F)(F)F)n2C)cc1. The van der Waals surface area contributed by atoms with Gasteiger partial charge in [-0.15, -0.1) is 10.2 Å². The second-order valence-corrected chi connectivity index (χ2v) is 6.57. The largest absolute Gasteiger partial charge is 0.451 e. The number of hydrogen-bond acceptors (Lipinski definition) is 4. The molecule has 2 rings (SSSR count). The molecule has 0 spiro atoms. The zero-order chi connectivity index (χ0) is 18.6. The van der Waals surface area contributed by atoms with Crippen LogP contribution in [-0.2, 0) is 18.0 Å². The molecule has 25 heavy (non-hydrogen) atoms. The number of nitrogens with one attached hydrogen (secondary N) is 1. The number of benzene rings is 1. The van der Waals surface area contributed by atoms with Crippen molar-refractivity contribution in [1.29, 1.82) is 0 Å². The number of anilines is 1. The minimum Gasteiger partial charge on any atom is -0.325 e. The lowest BCUT2D eigenvalue weighted by Gasteiger charge is -2.10. The number of carbonyl (C=O) groups is 1. The highest BCUT2D eigenvalue weighted by atomic mass is 32.2. The number of hydrogen-bond donors (Lipinski definition) is 1. The first-order valence-corrected chi connectivity index (χ1v) is 8.70. The molecule has 0 aliphatic rings. The second kappa shape index (κ2) is 7.90. The van der Waals surface area contributed by atoms with E-state index >= 15 is 0 Å². The van der Waals surface area contributed by atoms with Crippen molar-refractivity contribution in [1.82, 2.24) is 14.8 Å². The first-order valence-electron chi connectivity index (χ1n) is 7.71. The van der Waals surface area contributed by atoms with Crippen LogP contribution < -0.4 is 5.32 Å². The summed E-state index contributed by atoms with van der Waals surface area (Å²) in [7, 11) is 1.22. The number of aromatic nitrogens is 3. The maximum Gasteiger partial charge on any atom is 0.451 e. The van der Waals surface area contributed by atoms with E-state index in [9.17, 15) is 18.0 Å². The summed E-state index contributed by atoms with van der Waals surface area (Å²) in [4.78, 5) is 12.0. The fraction of sp³-hybridized carbons (Fsp3) is 0.438. The lowest BCUT2D eigenvalue weighted by molar-refractivity contribution is -0.147. The predicted octanol–water partition coefficient (Wildman–Crippen LogP) is 4.08. The minimum atomic E-state index is -4.57. The monoisotopic (exact) mass is 372 g/mol. The number of nitrogens with zero attached hydrogens (tertiary/aromatic N) is 3. The summed E-state index contributed by atoms with van der Waals surface area (Å²) in [5, 5.41) is 9.35. The summed E-state index contributed by atoms with van der Waals surface area (Å²) in [5.74, 6) is -1.02. The van der Waals surface area contributed by atoms with Gasteiger partial charge in [0.15, 0.2) is 5.16 Å². The maximum absolute atomic E-state index is 12.7. The van der Waals surface area contributed by atoms with Gasteiger partial charge in [-0.1, -0.05) is 37.7 Å². The van der Waals surface area contributed by atoms with Crippen LogP contribution in [0.1, 0.15) is 37.6 Å². The maximum atomic E-state index is 12.7. The molecule has 1 N–H and O–H groups in total.